The largest absolute Gasteiger partial charge is 0.337 e. The van der Waals surface area contributed by atoms with Crippen LogP contribution in [0.4, 0.5) is 0 Å². The number of benzene rings is 1. The topological polar surface area (TPSA) is 38.1 Å². The highest BCUT2D eigenvalue weighted by Gasteiger charge is 2.26. The summed E-state index contributed by atoms with van der Waals surface area (Å²) in [7, 11) is 0. The van der Waals surface area contributed by atoms with E-state index in [9.17, 15) is 4.79 Å². The van der Waals surface area contributed by atoms with Crippen LogP contribution in [0.3, 0.4) is 0 Å². The third kappa shape index (κ3) is 2.91. The number of rotatable bonds is 3. The minimum absolute atomic E-state index is 0.0711. The van der Waals surface area contributed by atoms with Crippen molar-refractivity contribution in [1.82, 2.24) is 14.7 Å². The van der Waals surface area contributed by atoms with Gasteiger partial charge in [0.25, 0.3) is 5.91 Å². The van der Waals surface area contributed by atoms with Gasteiger partial charge in [-0.3, -0.25) is 9.48 Å². The van der Waals surface area contributed by atoms with Crippen molar-refractivity contribution >= 4 is 5.91 Å². The molecule has 1 aliphatic rings. The molecule has 0 unspecified atom stereocenters. The number of carbonyl (C=O) groups is 1. The lowest BCUT2D eigenvalue weighted by molar-refractivity contribution is 0.0706. The molecule has 0 spiro atoms. The molecule has 0 radical (unpaired) electrons. The van der Waals surface area contributed by atoms with E-state index < -0.39 is 0 Å². The zero-order valence-corrected chi connectivity index (χ0v) is 13.3. The fraction of sp³-hybridized carbons (Fsp3) is 0.444. The Morgan fingerprint density at radius 1 is 1.23 bits per heavy atom. The molecule has 2 heterocycles. The summed E-state index contributed by atoms with van der Waals surface area (Å²) in [6.45, 7) is 6.47. The Morgan fingerprint density at radius 2 is 1.91 bits per heavy atom. The third-order valence-electron chi connectivity index (χ3n) is 4.55. The summed E-state index contributed by atoms with van der Waals surface area (Å²) in [6.07, 6.45) is 2.06. The van der Waals surface area contributed by atoms with E-state index in [4.69, 9.17) is 0 Å². The molecule has 1 aromatic carbocycles. The Kier molecular flexibility index (Phi) is 4.27. The van der Waals surface area contributed by atoms with E-state index in [1.54, 1.807) is 0 Å². The van der Waals surface area contributed by atoms with E-state index in [0.717, 1.165) is 38.2 Å². The van der Waals surface area contributed by atoms with Crippen molar-refractivity contribution in [1.29, 1.82) is 0 Å². The number of likely N-dealkylation sites (tertiary alicyclic amines) is 1. The average molecular weight is 297 g/mol. The van der Waals surface area contributed by atoms with Gasteiger partial charge in [-0.25, -0.2) is 0 Å². The number of hydrogen-bond donors (Lipinski definition) is 0. The SMILES string of the molecule is CCn1nc(C(=O)N2CCC(c3ccccc3)CC2)cc1C. The summed E-state index contributed by atoms with van der Waals surface area (Å²) in [5.41, 5.74) is 3.02. The first kappa shape index (κ1) is 14.8. The maximum atomic E-state index is 12.6. The summed E-state index contributed by atoms with van der Waals surface area (Å²) in [4.78, 5) is 14.5. The Hall–Kier alpha value is -2.10. The normalized spacial score (nSPS) is 16.0. The second kappa shape index (κ2) is 6.34. The van der Waals surface area contributed by atoms with E-state index in [-0.39, 0.29) is 5.91 Å². The van der Waals surface area contributed by atoms with E-state index in [1.165, 1.54) is 5.56 Å². The van der Waals surface area contributed by atoms with Crippen LogP contribution in [-0.4, -0.2) is 33.7 Å². The van der Waals surface area contributed by atoms with Gasteiger partial charge in [-0.05, 0) is 44.2 Å². The molecule has 1 aromatic heterocycles. The predicted octanol–water partition coefficient (Wildman–Crippen LogP) is 3.23. The van der Waals surface area contributed by atoms with Gasteiger partial charge in [0, 0.05) is 25.3 Å². The molecule has 4 nitrogen and oxygen atoms in total. The van der Waals surface area contributed by atoms with Crippen LogP contribution in [0.15, 0.2) is 36.4 Å². The molecule has 1 amide bonds. The number of nitrogens with zero attached hydrogens (tertiary/aromatic N) is 3. The Labute approximate surface area is 131 Å². The van der Waals surface area contributed by atoms with E-state index >= 15 is 0 Å². The minimum Gasteiger partial charge on any atom is -0.337 e. The molecule has 0 N–H and O–H groups in total. The molecule has 2 aromatic rings. The lowest BCUT2D eigenvalue weighted by Crippen LogP contribution is -2.38. The predicted molar refractivity (Wildman–Crippen MR) is 87.0 cm³/mol. The Bertz CT molecular complexity index is 640. The first-order chi connectivity index (χ1) is 10.7. The van der Waals surface area contributed by atoms with Crippen molar-refractivity contribution in [2.75, 3.05) is 13.1 Å². The molecule has 1 aliphatic heterocycles. The van der Waals surface area contributed by atoms with Crippen LogP contribution in [-0.2, 0) is 6.54 Å². The highest BCUT2D eigenvalue weighted by atomic mass is 16.2. The fourth-order valence-electron chi connectivity index (χ4n) is 3.24. The van der Waals surface area contributed by atoms with Crippen LogP contribution >= 0.6 is 0 Å². The fourth-order valence-corrected chi connectivity index (χ4v) is 3.24. The summed E-state index contributed by atoms with van der Waals surface area (Å²) in [6, 6.07) is 12.5. The van der Waals surface area contributed by atoms with Crippen molar-refractivity contribution in [3.05, 3.63) is 53.3 Å². The number of hydrogen-bond acceptors (Lipinski definition) is 2. The molecule has 116 valence electrons. The zero-order chi connectivity index (χ0) is 15.5. The van der Waals surface area contributed by atoms with Crippen LogP contribution < -0.4 is 0 Å². The molecule has 0 saturated carbocycles. The minimum atomic E-state index is 0.0711. The van der Waals surface area contributed by atoms with Gasteiger partial charge in [0.2, 0.25) is 0 Å². The first-order valence-electron chi connectivity index (χ1n) is 8.07. The van der Waals surface area contributed by atoms with Crippen LogP contribution in [0.2, 0.25) is 0 Å². The van der Waals surface area contributed by atoms with Crippen molar-refractivity contribution < 1.29 is 4.79 Å². The van der Waals surface area contributed by atoms with Crippen molar-refractivity contribution in [3.63, 3.8) is 0 Å². The number of piperidine rings is 1. The molecule has 1 saturated heterocycles. The monoisotopic (exact) mass is 297 g/mol. The summed E-state index contributed by atoms with van der Waals surface area (Å²) in [5, 5.41) is 4.41. The molecule has 0 bridgehead atoms. The molecule has 0 atom stereocenters. The van der Waals surface area contributed by atoms with Gasteiger partial charge in [-0.15, -0.1) is 0 Å². The van der Waals surface area contributed by atoms with Crippen LogP contribution in [0.25, 0.3) is 0 Å². The number of aryl methyl sites for hydroxylation is 2. The van der Waals surface area contributed by atoms with Gasteiger partial charge in [-0.1, -0.05) is 30.3 Å². The number of carbonyl (C=O) groups excluding carboxylic acids is 1. The van der Waals surface area contributed by atoms with E-state index in [1.807, 2.05) is 29.5 Å². The smallest absolute Gasteiger partial charge is 0.274 e. The van der Waals surface area contributed by atoms with Gasteiger partial charge < -0.3 is 4.90 Å². The summed E-state index contributed by atoms with van der Waals surface area (Å²) < 4.78 is 1.88. The molecular weight excluding hydrogens is 274 g/mol. The van der Waals surface area contributed by atoms with E-state index in [0.29, 0.717) is 11.6 Å². The number of aromatic nitrogens is 2. The maximum absolute atomic E-state index is 12.6. The zero-order valence-electron chi connectivity index (χ0n) is 13.3. The van der Waals surface area contributed by atoms with Crippen molar-refractivity contribution in [3.8, 4) is 0 Å². The molecule has 3 rings (SSSR count). The highest BCUT2D eigenvalue weighted by Crippen LogP contribution is 2.28. The van der Waals surface area contributed by atoms with E-state index in [2.05, 4.69) is 35.4 Å². The standard InChI is InChI=1S/C18H23N3O/c1-3-21-14(2)13-17(19-21)18(22)20-11-9-16(10-12-20)15-7-5-4-6-8-15/h4-8,13,16H,3,9-12H2,1-2H3. The van der Waals surface area contributed by atoms with Gasteiger partial charge in [0.15, 0.2) is 5.69 Å². The van der Waals surface area contributed by atoms with Gasteiger partial charge in [0.1, 0.15) is 0 Å². The first-order valence-corrected chi connectivity index (χ1v) is 8.07. The molecule has 4 heteroatoms. The lowest BCUT2D eigenvalue weighted by atomic mass is 9.89. The lowest BCUT2D eigenvalue weighted by Gasteiger charge is -2.31. The highest BCUT2D eigenvalue weighted by molar-refractivity contribution is 5.92. The second-order valence-electron chi connectivity index (χ2n) is 5.96. The Morgan fingerprint density at radius 3 is 2.50 bits per heavy atom. The van der Waals surface area contributed by atoms with Crippen LogP contribution in [0.5, 0.6) is 0 Å². The third-order valence-corrected chi connectivity index (χ3v) is 4.55. The van der Waals surface area contributed by atoms with Crippen LogP contribution in [0.1, 0.15) is 47.4 Å². The molecule has 22 heavy (non-hydrogen) atoms. The summed E-state index contributed by atoms with van der Waals surface area (Å²) in [5.74, 6) is 0.641. The van der Waals surface area contributed by atoms with Gasteiger partial charge >= 0.3 is 0 Å². The molecule has 0 aliphatic carbocycles. The van der Waals surface area contributed by atoms with Crippen molar-refractivity contribution in [2.24, 2.45) is 0 Å². The average Bonchev–Trinajstić information content (AvgIpc) is 2.96. The summed E-state index contributed by atoms with van der Waals surface area (Å²) >= 11 is 0. The van der Waals surface area contributed by atoms with Crippen LogP contribution in [0, 0.1) is 6.92 Å². The maximum Gasteiger partial charge on any atom is 0.274 e. The molecular formula is C18H23N3O. The van der Waals surface area contributed by atoms with Gasteiger partial charge in [-0.2, -0.15) is 5.10 Å². The number of amides is 1. The van der Waals surface area contributed by atoms with Crippen molar-refractivity contribution in [2.45, 2.75) is 39.2 Å². The second-order valence-corrected chi connectivity index (χ2v) is 5.96. The Balaban J connectivity index is 1.64. The molecule has 1 fully saturated rings. The quantitative estimate of drug-likeness (QED) is 0.872. The van der Waals surface area contributed by atoms with Gasteiger partial charge in [0.05, 0.1) is 0 Å².